The Labute approximate surface area is 197 Å². The quantitative estimate of drug-likeness (QED) is 0.194. The second kappa shape index (κ2) is 9.86. The number of sulfonamides is 1. The molecular formula is C24H23N7O2S. The van der Waals surface area contributed by atoms with E-state index in [2.05, 4.69) is 30.3 Å². The molecule has 4 rings (SSSR count). The number of aromatic nitrogens is 1. The molecule has 10 heteroatoms. The minimum absolute atomic E-state index is 0.0688. The molecule has 172 valence electrons. The fourth-order valence-electron chi connectivity index (χ4n) is 3.48. The number of pyridine rings is 1. The summed E-state index contributed by atoms with van der Waals surface area (Å²) in [4.78, 5) is 4.51. The van der Waals surface area contributed by atoms with Crippen LogP contribution < -0.4 is 10.6 Å². The summed E-state index contributed by atoms with van der Waals surface area (Å²) in [6.45, 7) is 3.51. The van der Waals surface area contributed by atoms with E-state index in [-0.39, 0.29) is 16.6 Å². The summed E-state index contributed by atoms with van der Waals surface area (Å²) < 4.78 is 28.7. The molecule has 3 N–H and O–H groups in total. The number of nitrogens with zero attached hydrogens (tertiary/aromatic N) is 5. The molecule has 0 aliphatic heterocycles. The van der Waals surface area contributed by atoms with Gasteiger partial charge in [0, 0.05) is 22.4 Å². The van der Waals surface area contributed by atoms with Crippen LogP contribution in [-0.4, -0.2) is 19.4 Å². The zero-order valence-electron chi connectivity index (χ0n) is 18.6. The number of hydrogen-bond donors (Lipinski definition) is 2. The van der Waals surface area contributed by atoms with E-state index in [4.69, 9.17) is 5.84 Å². The average molecular weight is 474 g/mol. The molecule has 34 heavy (non-hydrogen) atoms. The van der Waals surface area contributed by atoms with Crippen molar-refractivity contribution in [3.8, 4) is 11.3 Å². The lowest BCUT2D eigenvalue weighted by Gasteiger charge is -2.14. The average Bonchev–Trinajstić information content (AvgIpc) is 2.83. The standard InChI is InChI=1S/C24H23N7O2S/c1-16(2)30-34(32,33)23-14-22(24(29-31-25)20-11-7-6-10-19(20)23)28-27-18-12-13-21(26-15-18)17-8-4-3-5-9-17/h3-16,30H,1-2H3,(H2,25,29)/b28-27+. The van der Waals surface area contributed by atoms with Gasteiger partial charge < -0.3 is 5.84 Å². The molecule has 0 atom stereocenters. The highest BCUT2D eigenvalue weighted by Gasteiger charge is 2.22. The van der Waals surface area contributed by atoms with Crippen LogP contribution in [0.25, 0.3) is 22.0 Å². The van der Waals surface area contributed by atoms with Crippen molar-refractivity contribution in [3.63, 3.8) is 0 Å². The van der Waals surface area contributed by atoms with Gasteiger partial charge in [-0.1, -0.05) is 59.8 Å². The van der Waals surface area contributed by atoms with Crippen LogP contribution in [0.3, 0.4) is 0 Å². The van der Waals surface area contributed by atoms with Gasteiger partial charge in [-0.05, 0) is 32.0 Å². The number of hydrogen-bond acceptors (Lipinski definition) is 7. The first-order valence-electron chi connectivity index (χ1n) is 10.5. The fraction of sp³-hybridized carbons (Fsp3) is 0.125. The molecule has 0 aliphatic rings. The third-order valence-electron chi connectivity index (χ3n) is 4.89. The van der Waals surface area contributed by atoms with Gasteiger partial charge in [0.05, 0.1) is 16.8 Å². The van der Waals surface area contributed by atoms with Gasteiger partial charge in [-0.2, -0.15) is 0 Å². The molecular weight excluding hydrogens is 450 g/mol. The molecule has 0 radical (unpaired) electrons. The lowest BCUT2D eigenvalue weighted by Crippen LogP contribution is -2.30. The molecule has 0 spiro atoms. The summed E-state index contributed by atoms with van der Waals surface area (Å²) in [6, 6.07) is 21.5. The van der Waals surface area contributed by atoms with Crippen LogP contribution in [-0.2, 0) is 10.0 Å². The van der Waals surface area contributed by atoms with Crippen molar-refractivity contribution in [1.82, 2.24) is 9.71 Å². The van der Waals surface area contributed by atoms with E-state index in [1.807, 2.05) is 36.4 Å². The second-order valence-corrected chi connectivity index (χ2v) is 9.43. The first kappa shape index (κ1) is 23.1. The maximum Gasteiger partial charge on any atom is 0.241 e. The van der Waals surface area contributed by atoms with Crippen molar-refractivity contribution in [2.24, 2.45) is 26.4 Å². The number of azo groups is 1. The van der Waals surface area contributed by atoms with Crippen molar-refractivity contribution in [2.45, 2.75) is 24.8 Å². The van der Waals surface area contributed by atoms with Crippen LogP contribution in [0.2, 0.25) is 0 Å². The molecule has 0 unspecified atom stereocenters. The summed E-state index contributed by atoms with van der Waals surface area (Å²) in [5.41, 5.74) is 2.81. The maximum absolute atomic E-state index is 13.1. The van der Waals surface area contributed by atoms with Crippen molar-refractivity contribution in [3.05, 3.63) is 79.0 Å². The van der Waals surface area contributed by atoms with Crippen LogP contribution in [0.4, 0.5) is 17.1 Å². The number of nitrogens with two attached hydrogens (primary N) is 1. The van der Waals surface area contributed by atoms with Crippen molar-refractivity contribution < 1.29 is 8.42 Å². The minimum atomic E-state index is -3.83. The van der Waals surface area contributed by atoms with Gasteiger partial charge in [0.25, 0.3) is 0 Å². The van der Waals surface area contributed by atoms with Gasteiger partial charge in [0.15, 0.2) is 0 Å². The fourth-order valence-corrected chi connectivity index (χ4v) is 4.97. The molecule has 3 aromatic carbocycles. The lowest BCUT2D eigenvalue weighted by atomic mass is 10.1. The van der Waals surface area contributed by atoms with Crippen LogP contribution in [0.5, 0.6) is 0 Å². The molecule has 9 nitrogen and oxygen atoms in total. The smallest absolute Gasteiger partial charge is 0.241 e. The Morgan fingerprint density at radius 2 is 1.59 bits per heavy atom. The van der Waals surface area contributed by atoms with Gasteiger partial charge in [-0.3, -0.25) is 4.98 Å². The summed E-state index contributed by atoms with van der Waals surface area (Å²) >= 11 is 0. The predicted molar refractivity (Wildman–Crippen MR) is 132 cm³/mol. The monoisotopic (exact) mass is 473 g/mol. The van der Waals surface area contributed by atoms with Crippen LogP contribution in [0, 0.1) is 0 Å². The molecule has 0 bridgehead atoms. The van der Waals surface area contributed by atoms with E-state index in [0.717, 1.165) is 11.3 Å². The number of nitrogens with one attached hydrogen (secondary N) is 1. The maximum atomic E-state index is 13.1. The SMILES string of the molecule is CC(C)NS(=O)(=O)c1cc(/N=N/c2ccc(-c3ccccc3)nc2)c(N=NN)c2ccccc12. The summed E-state index contributed by atoms with van der Waals surface area (Å²) in [5.74, 6) is 5.33. The van der Waals surface area contributed by atoms with Gasteiger partial charge >= 0.3 is 0 Å². The number of rotatable bonds is 7. The van der Waals surface area contributed by atoms with Crippen LogP contribution in [0.1, 0.15) is 13.8 Å². The van der Waals surface area contributed by atoms with E-state index in [0.29, 0.717) is 22.1 Å². The highest BCUT2D eigenvalue weighted by molar-refractivity contribution is 7.89. The lowest BCUT2D eigenvalue weighted by molar-refractivity contribution is 0.571. The largest absolute Gasteiger partial charge is 0.305 e. The van der Waals surface area contributed by atoms with Gasteiger partial charge in [-0.25, -0.2) is 13.1 Å². The summed E-state index contributed by atoms with van der Waals surface area (Å²) in [7, 11) is -3.83. The molecule has 1 heterocycles. The zero-order valence-corrected chi connectivity index (χ0v) is 19.4. The van der Waals surface area contributed by atoms with E-state index >= 15 is 0 Å². The third kappa shape index (κ3) is 4.98. The second-order valence-electron chi connectivity index (χ2n) is 7.75. The predicted octanol–water partition coefficient (Wildman–Crippen LogP) is 5.96. The van der Waals surface area contributed by atoms with E-state index in [1.165, 1.54) is 6.07 Å². The summed E-state index contributed by atoms with van der Waals surface area (Å²) in [6.07, 6.45) is 1.59. The molecule has 0 saturated heterocycles. The first-order chi connectivity index (χ1) is 16.4. The van der Waals surface area contributed by atoms with E-state index in [9.17, 15) is 8.42 Å². The molecule has 0 fully saturated rings. The molecule has 0 aliphatic carbocycles. The third-order valence-corrected chi connectivity index (χ3v) is 6.59. The number of fused-ring (bicyclic) bond motifs is 1. The zero-order chi connectivity index (χ0) is 24.1. The Morgan fingerprint density at radius 1 is 0.882 bits per heavy atom. The Kier molecular flexibility index (Phi) is 6.71. The van der Waals surface area contributed by atoms with Crippen LogP contribution in [0.15, 0.2) is 104 Å². The van der Waals surface area contributed by atoms with Gasteiger partial charge in [0.2, 0.25) is 10.0 Å². The Balaban J connectivity index is 1.80. The topological polar surface area (TPSA) is 135 Å². The van der Waals surface area contributed by atoms with Gasteiger partial charge in [0.1, 0.15) is 17.1 Å². The Bertz CT molecular complexity index is 1470. The van der Waals surface area contributed by atoms with Crippen LogP contribution >= 0.6 is 0 Å². The highest BCUT2D eigenvalue weighted by atomic mass is 32.2. The number of benzene rings is 3. The molecule has 4 aromatic rings. The van der Waals surface area contributed by atoms with E-state index < -0.39 is 10.0 Å². The Morgan fingerprint density at radius 3 is 2.24 bits per heavy atom. The van der Waals surface area contributed by atoms with Crippen molar-refractivity contribution >= 4 is 37.9 Å². The van der Waals surface area contributed by atoms with E-state index in [1.54, 1.807) is 50.4 Å². The Hall–Kier alpha value is -4.02. The normalized spacial score (nSPS) is 12.3. The first-order valence-corrected chi connectivity index (χ1v) is 12.0. The van der Waals surface area contributed by atoms with Crippen molar-refractivity contribution in [2.75, 3.05) is 0 Å². The van der Waals surface area contributed by atoms with Crippen molar-refractivity contribution in [1.29, 1.82) is 0 Å². The minimum Gasteiger partial charge on any atom is -0.305 e. The molecule has 0 saturated carbocycles. The molecule has 1 aromatic heterocycles. The highest BCUT2D eigenvalue weighted by Crippen LogP contribution is 2.40. The molecule has 0 amide bonds. The summed E-state index contributed by atoms with van der Waals surface area (Å²) in [5, 5.41) is 17.0. The van der Waals surface area contributed by atoms with Gasteiger partial charge in [-0.15, -0.1) is 15.3 Å².